The molecule has 2 amide bonds. The number of nitrogens with two attached hydrogens (primary N) is 1. The maximum absolute atomic E-state index is 12.6. The molecular formula is C20H34ClN5O2. The first-order valence-corrected chi connectivity index (χ1v) is 10.5. The molecule has 2 saturated carbocycles. The molecule has 2 fully saturated rings. The molecule has 1 unspecified atom stereocenters. The highest BCUT2D eigenvalue weighted by Gasteiger charge is 2.25. The molecule has 1 aromatic rings. The van der Waals surface area contributed by atoms with Crippen LogP contribution in [0.4, 0.5) is 0 Å². The van der Waals surface area contributed by atoms with Gasteiger partial charge in [-0.25, -0.2) is 0 Å². The van der Waals surface area contributed by atoms with Crippen LogP contribution in [0.3, 0.4) is 0 Å². The molecule has 0 aromatic carbocycles. The fourth-order valence-electron chi connectivity index (χ4n) is 4.39. The Labute approximate surface area is 173 Å². The number of carbonyl (C=O) groups is 2. The molecule has 8 heteroatoms. The number of aromatic nitrogens is 2. The number of nitrogens with one attached hydrogen (secondary N) is 2. The molecule has 1 atom stereocenters. The van der Waals surface area contributed by atoms with Gasteiger partial charge in [-0.3, -0.25) is 14.3 Å². The first-order valence-electron chi connectivity index (χ1n) is 10.5. The van der Waals surface area contributed by atoms with E-state index in [9.17, 15) is 9.59 Å². The van der Waals surface area contributed by atoms with Crippen molar-refractivity contribution in [1.82, 2.24) is 20.4 Å². The Morgan fingerprint density at radius 1 is 1.11 bits per heavy atom. The Morgan fingerprint density at radius 2 is 1.75 bits per heavy atom. The quantitative estimate of drug-likeness (QED) is 0.641. The van der Waals surface area contributed by atoms with E-state index in [1.807, 2.05) is 0 Å². The summed E-state index contributed by atoms with van der Waals surface area (Å²) in [6, 6.07) is 0.293. The molecular weight excluding hydrogens is 378 g/mol. The summed E-state index contributed by atoms with van der Waals surface area (Å²) in [6.45, 7) is 0.598. The summed E-state index contributed by atoms with van der Waals surface area (Å²) in [5.74, 6) is 0.262. The SMILES string of the molecule is Cl.NCC(NC(=O)c1cnn(CC(=O)NC2CCCCC2)c1)C1CCCCC1. The van der Waals surface area contributed by atoms with E-state index in [-0.39, 0.29) is 42.8 Å². The molecule has 158 valence electrons. The van der Waals surface area contributed by atoms with Crippen LogP contribution in [0.2, 0.25) is 0 Å². The number of hydrogen-bond acceptors (Lipinski definition) is 4. The maximum Gasteiger partial charge on any atom is 0.254 e. The van der Waals surface area contributed by atoms with Crippen molar-refractivity contribution >= 4 is 24.2 Å². The highest BCUT2D eigenvalue weighted by Crippen LogP contribution is 2.26. The molecule has 1 heterocycles. The lowest BCUT2D eigenvalue weighted by Gasteiger charge is -2.29. The van der Waals surface area contributed by atoms with Gasteiger partial charge in [-0.15, -0.1) is 12.4 Å². The summed E-state index contributed by atoms with van der Waals surface area (Å²) in [7, 11) is 0. The van der Waals surface area contributed by atoms with E-state index in [1.165, 1.54) is 49.4 Å². The number of halogens is 1. The molecule has 3 rings (SSSR count). The maximum atomic E-state index is 12.6. The number of rotatable bonds is 7. The van der Waals surface area contributed by atoms with Crippen LogP contribution in [-0.4, -0.2) is 40.2 Å². The fraction of sp³-hybridized carbons (Fsp3) is 0.750. The second-order valence-corrected chi connectivity index (χ2v) is 8.04. The minimum absolute atomic E-state index is 0. The molecule has 4 N–H and O–H groups in total. The van der Waals surface area contributed by atoms with Crippen LogP contribution in [0.5, 0.6) is 0 Å². The zero-order valence-corrected chi connectivity index (χ0v) is 17.4. The summed E-state index contributed by atoms with van der Waals surface area (Å²) in [4.78, 5) is 24.8. The molecule has 2 aliphatic carbocycles. The highest BCUT2D eigenvalue weighted by atomic mass is 35.5. The Kier molecular flexibility index (Phi) is 9.25. The third kappa shape index (κ3) is 6.48. The molecule has 7 nitrogen and oxygen atoms in total. The number of nitrogens with zero attached hydrogens (tertiary/aromatic N) is 2. The van der Waals surface area contributed by atoms with Gasteiger partial charge >= 0.3 is 0 Å². The van der Waals surface area contributed by atoms with Gasteiger partial charge in [-0.05, 0) is 31.6 Å². The van der Waals surface area contributed by atoms with E-state index in [4.69, 9.17) is 5.73 Å². The average molecular weight is 412 g/mol. The Morgan fingerprint density at radius 3 is 2.39 bits per heavy atom. The van der Waals surface area contributed by atoms with Gasteiger partial charge in [0.2, 0.25) is 5.91 Å². The van der Waals surface area contributed by atoms with Crippen molar-refractivity contribution in [3.8, 4) is 0 Å². The van der Waals surface area contributed by atoms with Crippen LogP contribution >= 0.6 is 12.4 Å². The molecule has 0 aliphatic heterocycles. The van der Waals surface area contributed by atoms with Crippen molar-refractivity contribution in [2.24, 2.45) is 11.7 Å². The van der Waals surface area contributed by atoms with Gasteiger partial charge in [0.15, 0.2) is 0 Å². The van der Waals surface area contributed by atoms with E-state index in [1.54, 1.807) is 6.20 Å². The summed E-state index contributed by atoms with van der Waals surface area (Å²) >= 11 is 0. The number of carbonyl (C=O) groups excluding carboxylic acids is 2. The zero-order chi connectivity index (χ0) is 19.1. The zero-order valence-electron chi connectivity index (χ0n) is 16.6. The molecule has 28 heavy (non-hydrogen) atoms. The van der Waals surface area contributed by atoms with Crippen LogP contribution in [0.15, 0.2) is 12.4 Å². The summed E-state index contributed by atoms with van der Waals surface area (Å²) in [5.41, 5.74) is 6.38. The standard InChI is InChI=1S/C20H33N5O2.ClH/c21-11-18(15-7-3-1-4-8-15)24-20(27)16-12-22-25(13-16)14-19(26)23-17-9-5-2-6-10-17;/h12-13,15,17-18H,1-11,14,21H2,(H,23,26)(H,24,27);1H. The van der Waals surface area contributed by atoms with Gasteiger partial charge in [0.1, 0.15) is 6.54 Å². The van der Waals surface area contributed by atoms with Crippen molar-refractivity contribution in [2.75, 3.05) is 6.54 Å². The topological polar surface area (TPSA) is 102 Å². The van der Waals surface area contributed by atoms with Gasteiger partial charge in [0.05, 0.1) is 11.8 Å². The van der Waals surface area contributed by atoms with Crippen molar-refractivity contribution in [3.63, 3.8) is 0 Å². The van der Waals surface area contributed by atoms with Gasteiger partial charge in [-0.2, -0.15) is 5.10 Å². The lowest BCUT2D eigenvalue weighted by Crippen LogP contribution is -2.45. The van der Waals surface area contributed by atoms with E-state index in [2.05, 4.69) is 15.7 Å². The van der Waals surface area contributed by atoms with Crippen LogP contribution in [0, 0.1) is 5.92 Å². The second kappa shape index (κ2) is 11.4. The molecule has 1 aromatic heterocycles. The lowest BCUT2D eigenvalue weighted by molar-refractivity contribution is -0.122. The largest absolute Gasteiger partial charge is 0.352 e. The smallest absolute Gasteiger partial charge is 0.254 e. The number of hydrogen-bond donors (Lipinski definition) is 3. The summed E-state index contributed by atoms with van der Waals surface area (Å²) in [6.07, 6.45) is 14.9. The Hall–Kier alpha value is -1.60. The van der Waals surface area contributed by atoms with Crippen molar-refractivity contribution in [2.45, 2.75) is 82.8 Å². The molecule has 0 radical (unpaired) electrons. The second-order valence-electron chi connectivity index (χ2n) is 8.04. The first-order chi connectivity index (χ1) is 13.2. The van der Waals surface area contributed by atoms with Crippen molar-refractivity contribution in [3.05, 3.63) is 18.0 Å². The normalized spacial score (nSPS) is 19.5. The van der Waals surface area contributed by atoms with E-state index < -0.39 is 0 Å². The molecule has 0 bridgehead atoms. The minimum atomic E-state index is -0.157. The third-order valence-electron chi connectivity index (χ3n) is 5.96. The van der Waals surface area contributed by atoms with Crippen molar-refractivity contribution in [1.29, 1.82) is 0 Å². The van der Waals surface area contributed by atoms with Gasteiger partial charge in [0, 0.05) is 24.8 Å². The summed E-state index contributed by atoms with van der Waals surface area (Å²) < 4.78 is 1.53. The predicted octanol–water partition coefficient (Wildman–Crippen LogP) is 2.39. The summed E-state index contributed by atoms with van der Waals surface area (Å²) in [5, 5.41) is 10.3. The lowest BCUT2D eigenvalue weighted by atomic mass is 9.84. The highest BCUT2D eigenvalue weighted by molar-refractivity contribution is 5.94. The predicted molar refractivity (Wildman–Crippen MR) is 111 cm³/mol. The van der Waals surface area contributed by atoms with Crippen LogP contribution in [0.25, 0.3) is 0 Å². The first kappa shape index (κ1) is 22.7. The van der Waals surface area contributed by atoms with Gasteiger partial charge in [0.25, 0.3) is 5.91 Å². The molecule has 0 spiro atoms. The molecule has 0 saturated heterocycles. The van der Waals surface area contributed by atoms with Crippen molar-refractivity contribution < 1.29 is 9.59 Å². The Balaban J connectivity index is 0.00000280. The van der Waals surface area contributed by atoms with Crippen LogP contribution in [0.1, 0.15) is 74.6 Å². The van der Waals surface area contributed by atoms with Gasteiger partial charge < -0.3 is 16.4 Å². The van der Waals surface area contributed by atoms with E-state index in [0.717, 1.165) is 25.7 Å². The monoisotopic (exact) mass is 411 g/mol. The average Bonchev–Trinajstić information content (AvgIpc) is 3.16. The third-order valence-corrected chi connectivity index (χ3v) is 5.96. The van der Waals surface area contributed by atoms with Crippen LogP contribution < -0.4 is 16.4 Å². The number of amides is 2. The van der Waals surface area contributed by atoms with E-state index >= 15 is 0 Å². The molecule has 2 aliphatic rings. The Bertz CT molecular complexity index is 624. The minimum Gasteiger partial charge on any atom is -0.352 e. The fourth-order valence-corrected chi connectivity index (χ4v) is 4.39. The van der Waals surface area contributed by atoms with E-state index in [0.29, 0.717) is 18.0 Å². The van der Waals surface area contributed by atoms with Crippen LogP contribution in [-0.2, 0) is 11.3 Å². The van der Waals surface area contributed by atoms with Gasteiger partial charge in [-0.1, -0.05) is 38.5 Å².